The highest BCUT2D eigenvalue weighted by Crippen LogP contribution is 2.29. The van der Waals surface area contributed by atoms with Gasteiger partial charge in [0.25, 0.3) is 15.9 Å². The number of piperazine rings is 1. The molecular formula is C21H22N4O3S2. The van der Waals surface area contributed by atoms with Gasteiger partial charge in [0.15, 0.2) is 5.69 Å². The third-order valence-electron chi connectivity index (χ3n) is 5.75. The number of fused-ring (bicyclic) bond motifs is 1. The summed E-state index contributed by atoms with van der Waals surface area (Å²) in [4.78, 5) is 15.0. The van der Waals surface area contributed by atoms with Gasteiger partial charge < -0.3 is 4.90 Å². The lowest BCUT2D eigenvalue weighted by Crippen LogP contribution is -2.50. The molecule has 0 saturated carbocycles. The van der Waals surface area contributed by atoms with E-state index in [0.717, 1.165) is 36.2 Å². The van der Waals surface area contributed by atoms with Gasteiger partial charge in [-0.1, -0.05) is 24.3 Å². The van der Waals surface area contributed by atoms with Crippen LogP contribution in [0, 0.1) is 0 Å². The predicted molar refractivity (Wildman–Crippen MR) is 115 cm³/mol. The SMILES string of the molecule is O=C(c1nn(-c2ccccc2)c2c1CCC2)N1CCN(S(=O)(=O)c2cccs2)CC1. The van der Waals surface area contributed by atoms with Crippen LogP contribution in [-0.2, 0) is 22.9 Å². The predicted octanol–water partition coefficient (Wildman–Crippen LogP) is 2.57. The normalized spacial score (nSPS) is 17.3. The number of carbonyl (C=O) groups is 1. The van der Waals surface area contributed by atoms with E-state index in [1.165, 1.54) is 15.6 Å². The molecule has 0 unspecified atom stereocenters. The van der Waals surface area contributed by atoms with E-state index >= 15 is 0 Å². The molecule has 9 heteroatoms. The Kier molecular flexibility index (Phi) is 4.96. The molecule has 1 aliphatic carbocycles. The van der Waals surface area contributed by atoms with Gasteiger partial charge in [0.2, 0.25) is 0 Å². The first-order valence-corrected chi connectivity index (χ1v) is 12.4. The van der Waals surface area contributed by atoms with Crippen molar-refractivity contribution in [2.45, 2.75) is 23.5 Å². The molecule has 0 N–H and O–H groups in total. The highest BCUT2D eigenvalue weighted by molar-refractivity contribution is 7.91. The summed E-state index contributed by atoms with van der Waals surface area (Å²) in [6.45, 7) is 1.34. The number of hydrogen-bond donors (Lipinski definition) is 0. The van der Waals surface area contributed by atoms with Crippen LogP contribution in [0.4, 0.5) is 0 Å². The van der Waals surface area contributed by atoms with Crippen LogP contribution in [0.1, 0.15) is 28.2 Å². The molecule has 0 bridgehead atoms. The summed E-state index contributed by atoms with van der Waals surface area (Å²) >= 11 is 1.22. The molecule has 0 atom stereocenters. The van der Waals surface area contributed by atoms with Gasteiger partial charge in [0, 0.05) is 37.4 Å². The van der Waals surface area contributed by atoms with Crippen molar-refractivity contribution in [3.05, 3.63) is 64.8 Å². The van der Waals surface area contributed by atoms with Crippen LogP contribution in [0.5, 0.6) is 0 Å². The van der Waals surface area contributed by atoms with E-state index in [2.05, 4.69) is 5.10 Å². The minimum absolute atomic E-state index is 0.101. The summed E-state index contributed by atoms with van der Waals surface area (Å²) in [6, 6.07) is 13.2. The topological polar surface area (TPSA) is 75.5 Å². The number of benzene rings is 1. The Labute approximate surface area is 179 Å². The molecule has 30 heavy (non-hydrogen) atoms. The van der Waals surface area contributed by atoms with Gasteiger partial charge in [0.1, 0.15) is 4.21 Å². The van der Waals surface area contributed by atoms with Crippen LogP contribution >= 0.6 is 11.3 Å². The molecule has 0 spiro atoms. The van der Waals surface area contributed by atoms with Gasteiger partial charge in [-0.05, 0) is 42.8 Å². The van der Waals surface area contributed by atoms with E-state index < -0.39 is 10.0 Å². The van der Waals surface area contributed by atoms with Gasteiger partial charge >= 0.3 is 0 Å². The first-order valence-electron chi connectivity index (χ1n) is 10.0. The Bertz CT molecular complexity index is 1160. The standard InChI is InChI=1S/C21H22N4O3S2/c26-21(23-11-13-24(14-12-23)30(27,28)19-10-5-15-29-19)20-17-8-4-9-18(17)25(22-20)16-6-2-1-3-7-16/h1-3,5-7,10,15H,4,8-9,11-14H2. The van der Waals surface area contributed by atoms with Gasteiger partial charge in [-0.15, -0.1) is 11.3 Å². The highest BCUT2D eigenvalue weighted by atomic mass is 32.2. The number of carbonyl (C=O) groups excluding carboxylic acids is 1. The van der Waals surface area contributed by atoms with Crippen molar-refractivity contribution < 1.29 is 13.2 Å². The zero-order valence-electron chi connectivity index (χ0n) is 16.4. The molecule has 0 radical (unpaired) electrons. The Morgan fingerprint density at radius 1 is 0.967 bits per heavy atom. The van der Waals surface area contributed by atoms with Crippen molar-refractivity contribution in [1.29, 1.82) is 0 Å². The smallest absolute Gasteiger partial charge is 0.274 e. The number of amides is 1. The monoisotopic (exact) mass is 442 g/mol. The van der Waals surface area contributed by atoms with Crippen LogP contribution in [0.25, 0.3) is 5.69 Å². The van der Waals surface area contributed by atoms with E-state index in [4.69, 9.17) is 0 Å². The van der Waals surface area contributed by atoms with E-state index in [9.17, 15) is 13.2 Å². The van der Waals surface area contributed by atoms with Crippen LogP contribution in [0.3, 0.4) is 0 Å². The second kappa shape index (κ2) is 7.64. The maximum atomic E-state index is 13.3. The molecule has 3 aromatic rings. The largest absolute Gasteiger partial charge is 0.335 e. The minimum Gasteiger partial charge on any atom is -0.335 e. The number of para-hydroxylation sites is 1. The van der Waals surface area contributed by atoms with Crippen LogP contribution < -0.4 is 0 Å². The lowest BCUT2D eigenvalue weighted by molar-refractivity contribution is 0.0690. The van der Waals surface area contributed by atoms with Crippen molar-refractivity contribution in [2.75, 3.05) is 26.2 Å². The molecular weight excluding hydrogens is 420 g/mol. The molecule has 1 fully saturated rings. The van der Waals surface area contributed by atoms with Crippen molar-refractivity contribution in [3.63, 3.8) is 0 Å². The number of rotatable bonds is 4. The Hall–Kier alpha value is -2.49. The van der Waals surface area contributed by atoms with Gasteiger partial charge in [-0.3, -0.25) is 4.79 Å². The maximum absolute atomic E-state index is 13.3. The number of sulfonamides is 1. The Morgan fingerprint density at radius 3 is 2.43 bits per heavy atom. The van der Waals surface area contributed by atoms with E-state index in [1.807, 2.05) is 35.0 Å². The average molecular weight is 443 g/mol. The molecule has 5 rings (SSSR count). The second-order valence-electron chi connectivity index (χ2n) is 7.50. The lowest BCUT2D eigenvalue weighted by atomic mass is 10.1. The Balaban J connectivity index is 1.36. The van der Waals surface area contributed by atoms with Crippen molar-refractivity contribution in [2.24, 2.45) is 0 Å². The summed E-state index contributed by atoms with van der Waals surface area (Å²) in [5.41, 5.74) is 3.63. The van der Waals surface area contributed by atoms with Gasteiger partial charge in [-0.2, -0.15) is 9.40 Å². The molecule has 3 heterocycles. The highest BCUT2D eigenvalue weighted by Gasteiger charge is 2.34. The van der Waals surface area contributed by atoms with Crippen molar-refractivity contribution >= 4 is 27.3 Å². The quantitative estimate of drug-likeness (QED) is 0.622. The van der Waals surface area contributed by atoms with E-state index in [1.54, 1.807) is 22.4 Å². The molecule has 1 aliphatic heterocycles. The van der Waals surface area contributed by atoms with Crippen molar-refractivity contribution in [1.82, 2.24) is 19.0 Å². The first kappa shape index (κ1) is 19.5. The zero-order valence-corrected chi connectivity index (χ0v) is 18.0. The first-order chi connectivity index (χ1) is 14.6. The third kappa shape index (κ3) is 3.27. The molecule has 1 aromatic carbocycles. The number of aromatic nitrogens is 2. The summed E-state index contributed by atoms with van der Waals surface area (Å²) in [7, 11) is -3.48. The van der Waals surface area contributed by atoms with Gasteiger partial charge in [0.05, 0.1) is 5.69 Å². The second-order valence-corrected chi connectivity index (χ2v) is 10.6. The molecule has 1 saturated heterocycles. The van der Waals surface area contributed by atoms with Crippen LogP contribution in [0.15, 0.2) is 52.1 Å². The summed E-state index contributed by atoms with van der Waals surface area (Å²) in [5.74, 6) is -0.101. The van der Waals surface area contributed by atoms with E-state index in [0.29, 0.717) is 36.1 Å². The molecule has 7 nitrogen and oxygen atoms in total. The minimum atomic E-state index is -3.48. The number of nitrogens with zero attached hydrogens (tertiary/aromatic N) is 4. The van der Waals surface area contributed by atoms with Crippen molar-refractivity contribution in [3.8, 4) is 5.69 Å². The summed E-state index contributed by atoms with van der Waals surface area (Å²) < 4.78 is 29.2. The van der Waals surface area contributed by atoms with Crippen LogP contribution in [-0.4, -0.2) is 59.5 Å². The number of thiophene rings is 1. The fourth-order valence-electron chi connectivity index (χ4n) is 4.21. The summed E-state index contributed by atoms with van der Waals surface area (Å²) in [5, 5.41) is 6.44. The molecule has 1 amide bonds. The van der Waals surface area contributed by atoms with Gasteiger partial charge in [-0.25, -0.2) is 13.1 Å². The molecule has 2 aliphatic rings. The third-order valence-corrected chi connectivity index (χ3v) is 9.02. The summed E-state index contributed by atoms with van der Waals surface area (Å²) in [6.07, 6.45) is 2.79. The molecule has 2 aromatic heterocycles. The van der Waals surface area contributed by atoms with Crippen LogP contribution in [0.2, 0.25) is 0 Å². The zero-order chi connectivity index (χ0) is 20.7. The fraction of sp³-hybridized carbons (Fsp3) is 0.333. The molecule has 156 valence electrons. The maximum Gasteiger partial charge on any atom is 0.274 e. The average Bonchev–Trinajstić information content (AvgIpc) is 3.52. The number of hydrogen-bond acceptors (Lipinski definition) is 5. The van der Waals surface area contributed by atoms with E-state index in [-0.39, 0.29) is 5.91 Å². The lowest BCUT2D eigenvalue weighted by Gasteiger charge is -2.33. The fourth-order valence-corrected chi connectivity index (χ4v) is 6.78. The Morgan fingerprint density at radius 2 is 1.73 bits per heavy atom.